The molecule has 0 aromatic heterocycles. The van der Waals surface area contributed by atoms with Gasteiger partial charge in [-0.3, -0.25) is 4.99 Å². The number of halogens is 1. The number of aliphatic imine (C=N–C) groups is 1. The number of nitrogens with two attached hydrogens (primary N) is 1. The lowest BCUT2D eigenvalue weighted by atomic mass is 10.1. The number of hydrogen-bond acceptors (Lipinski definition) is 2. The Hall–Kier alpha value is -0.430. The number of guanidine groups is 1. The van der Waals surface area contributed by atoms with Crippen molar-refractivity contribution in [2.24, 2.45) is 10.7 Å². The zero-order chi connectivity index (χ0) is 14.0. The summed E-state index contributed by atoms with van der Waals surface area (Å²) in [5.41, 5.74) is 10.0. The number of fused-ring (bicyclic) bond motifs is 1. The predicted molar refractivity (Wildman–Crippen MR) is 104 cm³/mol. The van der Waals surface area contributed by atoms with E-state index in [2.05, 4.69) is 35.4 Å². The van der Waals surface area contributed by atoms with E-state index in [0.29, 0.717) is 5.96 Å². The van der Waals surface area contributed by atoms with Crippen LogP contribution in [0.1, 0.15) is 37.3 Å². The van der Waals surface area contributed by atoms with Crippen LogP contribution in [-0.2, 0) is 12.8 Å². The highest BCUT2D eigenvalue weighted by Gasteiger charge is 2.29. The summed E-state index contributed by atoms with van der Waals surface area (Å²) >= 11 is 2.02. The first-order valence-corrected chi connectivity index (χ1v) is 8.46. The van der Waals surface area contributed by atoms with E-state index in [0.717, 1.165) is 12.2 Å². The number of hydrogen-bond donors (Lipinski definition) is 2. The van der Waals surface area contributed by atoms with Crippen LogP contribution in [0.3, 0.4) is 0 Å². The minimum Gasteiger partial charge on any atom is -0.370 e. The first-order chi connectivity index (χ1) is 9.65. The van der Waals surface area contributed by atoms with Crippen LogP contribution in [0.25, 0.3) is 0 Å². The first kappa shape index (κ1) is 16.9. The second kappa shape index (κ2) is 7.22. The molecule has 1 atom stereocenters. The van der Waals surface area contributed by atoms with Gasteiger partial charge in [-0.15, -0.1) is 24.0 Å². The summed E-state index contributed by atoms with van der Waals surface area (Å²) in [6.07, 6.45) is 6.23. The van der Waals surface area contributed by atoms with Gasteiger partial charge < -0.3 is 11.1 Å². The molecule has 5 heteroatoms. The molecule has 0 saturated carbocycles. The second-order valence-corrected chi connectivity index (χ2v) is 7.75. The minimum atomic E-state index is 0. The molecule has 1 unspecified atom stereocenters. The SMILES string of the molecule is CC1(CN=C(N)Nc2ccc3c(c2)CCC3)CCCS1.I. The van der Waals surface area contributed by atoms with Gasteiger partial charge in [-0.25, -0.2) is 0 Å². The highest BCUT2D eigenvalue weighted by molar-refractivity contribution is 14.0. The summed E-state index contributed by atoms with van der Waals surface area (Å²) in [5.74, 6) is 1.79. The molecule has 1 heterocycles. The quantitative estimate of drug-likeness (QED) is 0.447. The van der Waals surface area contributed by atoms with Gasteiger partial charge >= 0.3 is 0 Å². The summed E-state index contributed by atoms with van der Waals surface area (Å²) < 4.78 is 0.282. The van der Waals surface area contributed by atoms with Gasteiger partial charge in [0.05, 0.1) is 6.54 Å². The molecule has 1 aromatic rings. The third kappa shape index (κ3) is 4.28. The Morgan fingerprint density at radius 2 is 2.14 bits per heavy atom. The van der Waals surface area contributed by atoms with E-state index in [1.807, 2.05) is 11.8 Å². The third-order valence-electron chi connectivity index (χ3n) is 4.26. The molecule has 3 nitrogen and oxygen atoms in total. The van der Waals surface area contributed by atoms with E-state index in [1.165, 1.54) is 49.0 Å². The zero-order valence-corrected chi connectivity index (χ0v) is 15.7. The maximum Gasteiger partial charge on any atom is 0.193 e. The summed E-state index contributed by atoms with van der Waals surface area (Å²) in [7, 11) is 0. The van der Waals surface area contributed by atoms with Gasteiger partial charge in [-0.1, -0.05) is 6.07 Å². The molecule has 2 aliphatic rings. The molecule has 116 valence electrons. The van der Waals surface area contributed by atoms with Gasteiger partial charge in [0.25, 0.3) is 0 Å². The van der Waals surface area contributed by atoms with Crippen LogP contribution < -0.4 is 11.1 Å². The normalized spacial score (nSPS) is 24.5. The van der Waals surface area contributed by atoms with Gasteiger partial charge in [0.1, 0.15) is 0 Å². The van der Waals surface area contributed by atoms with Crippen LogP contribution in [0.5, 0.6) is 0 Å². The van der Waals surface area contributed by atoms with Crippen LogP contribution in [-0.4, -0.2) is 23.0 Å². The zero-order valence-electron chi connectivity index (χ0n) is 12.5. The van der Waals surface area contributed by atoms with Crippen molar-refractivity contribution in [2.75, 3.05) is 17.6 Å². The van der Waals surface area contributed by atoms with Gasteiger partial charge in [0, 0.05) is 10.4 Å². The molecule has 0 spiro atoms. The fourth-order valence-corrected chi connectivity index (χ4v) is 4.28. The molecule has 1 aliphatic heterocycles. The van der Waals surface area contributed by atoms with E-state index < -0.39 is 0 Å². The van der Waals surface area contributed by atoms with Crippen LogP contribution in [0.4, 0.5) is 5.69 Å². The number of thioether (sulfide) groups is 1. The number of nitrogens with zero attached hydrogens (tertiary/aromatic N) is 1. The molecule has 21 heavy (non-hydrogen) atoms. The van der Waals surface area contributed by atoms with Gasteiger partial charge in [-0.05, 0) is 68.0 Å². The Kier molecular flexibility index (Phi) is 5.82. The van der Waals surface area contributed by atoms with E-state index >= 15 is 0 Å². The Morgan fingerprint density at radius 1 is 1.33 bits per heavy atom. The van der Waals surface area contributed by atoms with E-state index in [4.69, 9.17) is 5.73 Å². The first-order valence-electron chi connectivity index (χ1n) is 7.47. The Bertz CT molecular complexity index is 524. The Labute approximate surface area is 148 Å². The van der Waals surface area contributed by atoms with E-state index in [9.17, 15) is 0 Å². The topological polar surface area (TPSA) is 50.4 Å². The number of nitrogens with one attached hydrogen (secondary N) is 1. The maximum absolute atomic E-state index is 6.02. The van der Waals surface area contributed by atoms with E-state index in [-0.39, 0.29) is 28.7 Å². The number of rotatable bonds is 3. The molecule has 3 rings (SSSR count). The molecule has 0 bridgehead atoms. The van der Waals surface area contributed by atoms with Crippen molar-refractivity contribution in [1.82, 2.24) is 0 Å². The van der Waals surface area contributed by atoms with Crippen molar-refractivity contribution >= 4 is 47.4 Å². The standard InChI is InChI=1S/C16H23N3S.HI/c1-16(8-3-9-20-16)11-18-15(17)19-14-7-6-12-4-2-5-13(12)10-14;/h6-7,10H,2-5,8-9,11H2,1H3,(H3,17,18,19);1H. The average molecular weight is 417 g/mol. The van der Waals surface area contributed by atoms with Crippen LogP contribution in [0.2, 0.25) is 0 Å². The van der Waals surface area contributed by atoms with Crippen molar-refractivity contribution in [3.63, 3.8) is 0 Å². The minimum absolute atomic E-state index is 0. The highest BCUT2D eigenvalue weighted by atomic mass is 127. The molecule has 0 radical (unpaired) electrons. The smallest absolute Gasteiger partial charge is 0.193 e. The van der Waals surface area contributed by atoms with Crippen molar-refractivity contribution in [3.05, 3.63) is 29.3 Å². The van der Waals surface area contributed by atoms with Crippen LogP contribution in [0, 0.1) is 0 Å². The number of aryl methyl sites for hydroxylation is 2. The molecule has 1 aliphatic carbocycles. The monoisotopic (exact) mass is 417 g/mol. The summed E-state index contributed by atoms with van der Waals surface area (Å²) in [6, 6.07) is 6.54. The third-order valence-corrected chi connectivity index (χ3v) is 5.78. The molecule has 3 N–H and O–H groups in total. The fourth-order valence-electron chi connectivity index (χ4n) is 3.05. The molecular weight excluding hydrogens is 393 g/mol. The van der Waals surface area contributed by atoms with Crippen molar-refractivity contribution < 1.29 is 0 Å². The fraction of sp³-hybridized carbons (Fsp3) is 0.562. The summed E-state index contributed by atoms with van der Waals surface area (Å²) in [6.45, 7) is 3.10. The van der Waals surface area contributed by atoms with Crippen LogP contribution >= 0.6 is 35.7 Å². The van der Waals surface area contributed by atoms with Crippen LogP contribution in [0.15, 0.2) is 23.2 Å². The molecular formula is C16H24IN3S. The lowest BCUT2D eigenvalue weighted by molar-refractivity contribution is 0.619. The Balaban J connectivity index is 0.00000161. The molecule has 0 amide bonds. The van der Waals surface area contributed by atoms with Crippen molar-refractivity contribution in [2.45, 2.75) is 43.8 Å². The number of anilines is 1. The Morgan fingerprint density at radius 3 is 2.90 bits per heavy atom. The lowest BCUT2D eigenvalue weighted by Crippen LogP contribution is -2.27. The molecule has 1 saturated heterocycles. The lowest BCUT2D eigenvalue weighted by Gasteiger charge is -2.20. The average Bonchev–Trinajstić information content (AvgIpc) is 3.05. The second-order valence-electron chi connectivity index (χ2n) is 6.07. The highest BCUT2D eigenvalue weighted by Crippen LogP contribution is 2.37. The van der Waals surface area contributed by atoms with Crippen molar-refractivity contribution in [1.29, 1.82) is 0 Å². The molecule has 1 aromatic carbocycles. The largest absolute Gasteiger partial charge is 0.370 e. The maximum atomic E-state index is 6.02. The van der Waals surface area contributed by atoms with Gasteiger partial charge in [-0.2, -0.15) is 11.8 Å². The van der Waals surface area contributed by atoms with Crippen molar-refractivity contribution in [3.8, 4) is 0 Å². The van der Waals surface area contributed by atoms with E-state index in [1.54, 1.807) is 0 Å². The summed E-state index contributed by atoms with van der Waals surface area (Å²) in [4.78, 5) is 4.53. The van der Waals surface area contributed by atoms with Gasteiger partial charge in [0.2, 0.25) is 0 Å². The summed E-state index contributed by atoms with van der Waals surface area (Å²) in [5, 5.41) is 3.23. The number of benzene rings is 1. The molecule has 1 fully saturated rings. The predicted octanol–water partition coefficient (Wildman–Crippen LogP) is 3.81. The van der Waals surface area contributed by atoms with Gasteiger partial charge in [0.15, 0.2) is 5.96 Å².